The number of carbonyl (C=O) groups is 1. The molecule has 0 radical (unpaired) electrons. The first-order valence-corrected chi connectivity index (χ1v) is 7.69. The Labute approximate surface area is 133 Å². The third-order valence-corrected chi connectivity index (χ3v) is 3.72. The van der Waals surface area contributed by atoms with Gasteiger partial charge < -0.3 is 4.74 Å². The second-order valence-electron chi connectivity index (χ2n) is 5.70. The minimum Gasteiger partial charge on any atom is -0.465 e. The van der Waals surface area contributed by atoms with E-state index in [4.69, 9.17) is 4.74 Å². The molecule has 0 unspecified atom stereocenters. The van der Waals surface area contributed by atoms with Gasteiger partial charge in [0.05, 0.1) is 12.1 Å². The Kier molecular flexibility index (Phi) is 3.90. The molecule has 0 saturated carbocycles. The largest absolute Gasteiger partial charge is 0.465 e. The predicted octanol–water partition coefficient (Wildman–Crippen LogP) is 2.34. The van der Waals surface area contributed by atoms with E-state index in [0.29, 0.717) is 5.52 Å². The number of para-hydroxylation sites is 1. The third kappa shape index (κ3) is 2.60. The predicted molar refractivity (Wildman–Crippen MR) is 87.7 cm³/mol. The van der Waals surface area contributed by atoms with Gasteiger partial charge in [0.25, 0.3) is 5.56 Å². The molecular formula is C17H19N3O3. The van der Waals surface area contributed by atoms with E-state index in [-0.39, 0.29) is 24.6 Å². The van der Waals surface area contributed by atoms with Crippen molar-refractivity contribution in [3.63, 3.8) is 0 Å². The molecule has 23 heavy (non-hydrogen) atoms. The van der Waals surface area contributed by atoms with Crippen LogP contribution in [0, 0.1) is 0 Å². The van der Waals surface area contributed by atoms with Gasteiger partial charge in [-0.15, -0.1) is 0 Å². The molecule has 0 spiro atoms. The van der Waals surface area contributed by atoms with E-state index in [2.05, 4.69) is 5.10 Å². The average molecular weight is 313 g/mol. The minimum atomic E-state index is -0.461. The van der Waals surface area contributed by atoms with Crippen LogP contribution in [-0.2, 0) is 16.1 Å². The second kappa shape index (κ2) is 5.87. The molecule has 0 atom stereocenters. The van der Waals surface area contributed by atoms with Crippen molar-refractivity contribution in [1.29, 1.82) is 0 Å². The second-order valence-corrected chi connectivity index (χ2v) is 5.70. The first-order chi connectivity index (χ1) is 11.0. The van der Waals surface area contributed by atoms with Crippen molar-refractivity contribution in [2.24, 2.45) is 0 Å². The zero-order valence-corrected chi connectivity index (χ0v) is 13.4. The van der Waals surface area contributed by atoms with Gasteiger partial charge in [-0.3, -0.25) is 14.0 Å². The summed E-state index contributed by atoms with van der Waals surface area (Å²) in [7, 11) is 0. The highest BCUT2D eigenvalue weighted by Crippen LogP contribution is 2.22. The quantitative estimate of drug-likeness (QED) is 0.693. The van der Waals surface area contributed by atoms with Gasteiger partial charge in [0.1, 0.15) is 17.9 Å². The molecule has 0 bridgehead atoms. The Morgan fingerprint density at radius 2 is 2.00 bits per heavy atom. The molecule has 120 valence electrons. The van der Waals surface area contributed by atoms with Crippen molar-refractivity contribution in [3.8, 4) is 0 Å². The van der Waals surface area contributed by atoms with E-state index >= 15 is 0 Å². The van der Waals surface area contributed by atoms with Gasteiger partial charge in [0, 0.05) is 11.3 Å². The molecule has 6 heteroatoms. The number of nitrogens with zero attached hydrogens (tertiary/aromatic N) is 3. The fraction of sp³-hybridized carbons (Fsp3) is 0.353. The van der Waals surface area contributed by atoms with Crippen molar-refractivity contribution < 1.29 is 9.53 Å². The van der Waals surface area contributed by atoms with Crippen molar-refractivity contribution in [1.82, 2.24) is 14.2 Å². The lowest BCUT2D eigenvalue weighted by Crippen LogP contribution is -2.31. The number of esters is 1. The zero-order chi connectivity index (χ0) is 16.6. The van der Waals surface area contributed by atoms with Crippen LogP contribution >= 0.6 is 0 Å². The Hall–Kier alpha value is -2.63. The van der Waals surface area contributed by atoms with E-state index in [0.717, 1.165) is 16.7 Å². The fourth-order valence-electron chi connectivity index (χ4n) is 2.71. The molecule has 0 aliphatic carbocycles. The lowest BCUT2D eigenvalue weighted by molar-refractivity contribution is -0.144. The fourth-order valence-corrected chi connectivity index (χ4v) is 2.71. The van der Waals surface area contributed by atoms with Crippen LogP contribution in [0.4, 0.5) is 0 Å². The maximum Gasteiger partial charge on any atom is 0.327 e. The standard InChI is InChI=1S/C17H19N3O3/c1-4-23-15(21)10-19-17(22)14-9-12-7-5-6-8-13(12)20(14)16(18-19)11(2)3/h5-9,11H,4,10H2,1-3H3. The van der Waals surface area contributed by atoms with Crippen LogP contribution in [0.3, 0.4) is 0 Å². The number of hydrogen-bond acceptors (Lipinski definition) is 4. The third-order valence-electron chi connectivity index (χ3n) is 3.72. The maximum absolute atomic E-state index is 12.7. The molecule has 3 aromatic rings. The van der Waals surface area contributed by atoms with E-state index in [1.165, 1.54) is 4.68 Å². The first-order valence-electron chi connectivity index (χ1n) is 7.69. The summed E-state index contributed by atoms with van der Waals surface area (Å²) < 4.78 is 8.00. The lowest BCUT2D eigenvalue weighted by Gasteiger charge is -2.13. The molecule has 0 aliphatic heterocycles. The molecule has 2 heterocycles. The molecule has 1 aromatic carbocycles. The van der Waals surface area contributed by atoms with E-state index in [1.54, 1.807) is 6.92 Å². The average Bonchev–Trinajstić information content (AvgIpc) is 2.90. The molecule has 2 aromatic heterocycles. The Morgan fingerprint density at radius 3 is 2.70 bits per heavy atom. The normalized spacial score (nSPS) is 11.5. The van der Waals surface area contributed by atoms with Crippen LogP contribution in [0.5, 0.6) is 0 Å². The van der Waals surface area contributed by atoms with Gasteiger partial charge in [-0.2, -0.15) is 5.10 Å². The molecule has 0 amide bonds. The van der Waals surface area contributed by atoms with Crippen molar-refractivity contribution >= 4 is 22.4 Å². The number of carbonyl (C=O) groups excluding carboxylic acids is 1. The topological polar surface area (TPSA) is 65.6 Å². The number of aromatic nitrogens is 3. The maximum atomic E-state index is 12.7. The molecule has 3 rings (SSSR count). The highest BCUT2D eigenvalue weighted by molar-refractivity contribution is 5.87. The van der Waals surface area contributed by atoms with Crippen LogP contribution in [0.25, 0.3) is 16.4 Å². The minimum absolute atomic E-state index is 0.0994. The monoisotopic (exact) mass is 313 g/mol. The van der Waals surface area contributed by atoms with Gasteiger partial charge in [0.15, 0.2) is 0 Å². The van der Waals surface area contributed by atoms with E-state index < -0.39 is 5.97 Å². The smallest absolute Gasteiger partial charge is 0.327 e. The SMILES string of the molecule is CCOC(=O)Cn1nc(C(C)C)n2c(cc3ccccc32)c1=O. The van der Waals surface area contributed by atoms with Gasteiger partial charge in [-0.1, -0.05) is 32.0 Å². The number of fused-ring (bicyclic) bond motifs is 3. The highest BCUT2D eigenvalue weighted by Gasteiger charge is 2.17. The van der Waals surface area contributed by atoms with E-state index in [9.17, 15) is 9.59 Å². The summed E-state index contributed by atoms with van der Waals surface area (Å²) >= 11 is 0. The van der Waals surface area contributed by atoms with Crippen LogP contribution < -0.4 is 5.56 Å². The highest BCUT2D eigenvalue weighted by atomic mass is 16.5. The summed E-state index contributed by atoms with van der Waals surface area (Å²) in [4.78, 5) is 24.4. The summed E-state index contributed by atoms with van der Waals surface area (Å²) in [6.07, 6.45) is 0. The summed E-state index contributed by atoms with van der Waals surface area (Å²) in [5, 5.41) is 5.39. The molecule has 0 N–H and O–H groups in total. The Balaban J connectivity index is 2.29. The summed E-state index contributed by atoms with van der Waals surface area (Å²) in [5.41, 5.74) is 1.17. The first kappa shape index (κ1) is 15.3. The van der Waals surface area contributed by atoms with Gasteiger partial charge >= 0.3 is 5.97 Å². The van der Waals surface area contributed by atoms with Crippen LogP contribution in [0.2, 0.25) is 0 Å². The lowest BCUT2D eigenvalue weighted by atomic mass is 10.2. The summed E-state index contributed by atoms with van der Waals surface area (Å²) in [6.45, 7) is 5.86. The number of benzene rings is 1. The van der Waals surface area contributed by atoms with Crippen LogP contribution in [0.1, 0.15) is 32.5 Å². The zero-order valence-electron chi connectivity index (χ0n) is 13.4. The number of ether oxygens (including phenoxy) is 1. The molecule has 0 fully saturated rings. The summed E-state index contributed by atoms with van der Waals surface area (Å²) in [6, 6.07) is 9.63. The van der Waals surface area contributed by atoms with Gasteiger partial charge in [0.2, 0.25) is 0 Å². The van der Waals surface area contributed by atoms with Crippen molar-refractivity contribution in [2.45, 2.75) is 33.2 Å². The number of hydrogen-bond donors (Lipinski definition) is 0. The van der Waals surface area contributed by atoms with Gasteiger partial charge in [-0.05, 0) is 19.1 Å². The van der Waals surface area contributed by atoms with Gasteiger partial charge in [-0.25, -0.2) is 4.68 Å². The summed E-state index contributed by atoms with van der Waals surface area (Å²) in [5.74, 6) is 0.379. The van der Waals surface area contributed by atoms with Crippen molar-refractivity contribution in [2.75, 3.05) is 6.61 Å². The molecular weight excluding hydrogens is 294 g/mol. The molecule has 0 saturated heterocycles. The van der Waals surface area contributed by atoms with Crippen LogP contribution in [-0.4, -0.2) is 26.8 Å². The molecule has 6 nitrogen and oxygen atoms in total. The molecule has 0 aliphatic rings. The van der Waals surface area contributed by atoms with E-state index in [1.807, 2.05) is 48.6 Å². The Morgan fingerprint density at radius 1 is 1.26 bits per heavy atom. The van der Waals surface area contributed by atoms with Crippen LogP contribution in [0.15, 0.2) is 35.1 Å². The number of rotatable bonds is 4. The van der Waals surface area contributed by atoms with Crippen molar-refractivity contribution in [3.05, 3.63) is 46.5 Å². The Bertz CT molecular complexity index is 937.